The number of nitrogens with one attached hydrogen (secondary N) is 1. The molecule has 0 aliphatic carbocycles. The molecule has 1 atom stereocenters. The summed E-state index contributed by atoms with van der Waals surface area (Å²) in [6.07, 6.45) is 0. The molecule has 1 aliphatic heterocycles. The van der Waals surface area contributed by atoms with E-state index in [9.17, 15) is 13.6 Å². The number of hydrogen-bond acceptors (Lipinski definition) is 3. The zero-order chi connectivity index (χ0) is 13.8. The zero-order valence-corrected chi connectivity index (χ0v) is 11.5. The van der Waals surface area contributed by atoms with Gasteiger partial charge in [0.15, 0.2) is 11.6 Å². The van der Waals surface area contributed by atoms with Crippen molar-refractivity contribution in [2.45, 2.75) is 17.9 Å². The quantitative estimate of drug-likeness (QED) is 0.861. The topological polar surface area (TPSA) is 32.3 Å². The average Bonchev–Trinajstić information content (AvgIpc) is 2.40. The van der Waals surface area contributed by atoms with Crippen molar-refractivity contribution in [1.82, 2.24) is 10.2 Å². The molecule has 0 radical (unpaired) electrons. The summed E-state index contributed by atoms with van der Waals surface area (Å²) in [6.45, 7) is 4.28. The van der Waals surface area contributed by atoms with Crippen molar-refractivity contribution in [2.24, 2.45) is 0 Å². The molecule has 1 heterocycles. The molecule has 1 aromatic rings. The third-order valence-corrected chi connectivity index (χ3v) is 4.05. The highest BCUT2D eigenvalue weighted by molar-refractivity contribution is 8.00. The predicted molar refractivity (Wildman–Crippen MR) is 71.1 cm³/mol. The molecule has 1 fully saturated rings. The number of piperazine rings is 1. The molecule has 3 nitrogen and oxygen atoms in total. The van der Waals surface area contributed by atoms with Crippen molar-refractivity contribution in [3.8, 4) is 0 Å². The van der Waals surface area contributed by atoms with E-state index in [2.05, 4.69) is 5.32 Å². The van der Waals surface area contributed by atoms with Gasteiger partial charge in [0.1, 0.15) is 0 Å². The molecule has 2 rings (SSSR count). The molecule has 1 aliphatic rings. The monoisotopic (exact) mass is 286 g/mol. The maximum Gasteiger partial charge on any atom is 0.233 e. The lowest BCUT2D eigenvalue weighted by Gasteiger charge is -2.33. The van der Waals surface area contributed by atoms with Gasteiger partial charge < -0.3 is 10.2 Å². The van der Waals surface area contributed by atoms with Crippen LogP contribution in [0.1, 0.15) is 6.92 Å². The third-order valence-electron chi connectivity index (χ3n) is 3.08. The number of thioether (sulfide) groups is 1. The first-order valence-corrected chi connectivity index (χ1v) is 7.14. The van der Waals surface area contributed by atoms with Crippen LogP contribution in [0.25, 0.3) is 0 Å². The van der Waals surface area contributed by atoms with Crippen molar-refractivity contribution in [2.75, 3.05) is 25.4 Å². The molecule has 1 aromatic carbocycles. The van der Waals surface area contributed by atoms with E-state index in [1.165, 1.54) is 17.8 Å². The minimum Gasteiger partial charge on any atom is -0.337 e. The maximum atomic E-state index is 13.0. The number of hydrogen-bond donors (Lipinski definition) is 1. The molecular formula is C13H16F2N2OS. The highest BCUT2D eigenvalue weighted by Gasteiger charge is 2.22. The van der Waals surface area contributed by atoms with Gasteiger partial charge in [-0.2, -0.15) is 0 Å². The van der Waals surface area contributed by atoms with Gasteiger partial charge in [-0.05, 0) is 25.1 Å². The van der Waals surface area contributed by atoms with Gasteiger partial charge in [0.05, 0.1) is 5.75 Å². The largest absolute Gasteiger partial charge is 0.337 e. The lowest BCUT2D eigenvalue weighted by Crippen LogP contribution is -2.52. The van der Waals surface area contributed by atoms with E-state index in [1.807, 2.05) is 11.8 Å². The molecule has 1 N–H and O–H groups in total. The van der Waals surface area contributed by atoms with Crippen LogP contribution in [0, 0.1) is 11.6 Å². The molecule has 104 valence electrons. The van der Waals surface area contributed by atoms with Crippen molar-refractivity contribution in [3.63, 3.8) is 0 Å². The first-order valence-electron chi connectivity index (χ1n) is 6.16. The molecule has 0 unspecified atom stereocenters. The molecule has 0 saturated carbocycles. The second-order valence-corrected chi connectivity index (χ2v) is 5.55. The lowest BCUT2D eigenvalue weighted by atomic mass is 10.2. The van der Waals surface area contributed by atoms with Crippen molar-refractivity contribution in [3.05, 3.63) is 29.8 Å². The lowest BCUT2D eigenvalue weighted by molar-refractivity contribution is -0.131. The fourth-order valence-corrected chi connectivity index (χ4v) is 2.81. The van der Waals surface area contributed by atoms with Gasteiger partial charge in [-0.1, -0.05) is 0 Å². The highest BCUT2D eigenvalue weighted by Crippen LogP contribution is 2.21. The number of halogens is 2. The highest BCUT2D eigenvalue weighted by atomic mass is 32.2. The summed E-state index contributed by atoms with van der Waals surface area (Å²) in [6, 6.07) is 3.86. The van der Waals surface area contributed by atoms with E-state index < -0.39 is 11.6 Å². The number of amides is 1. The van der Waals surface area contributed by atoms with E-state index in [-0.39, 0.29) is 17.7 Å². The van der Waals surface area contributed by atoms with Crippen molar-refractivity contribution in [1.29, 1.82) is 0 Å². The molecule has 19 heavy (non-hydrogen) atoms. The fraction of sp³-hybridized carbons (Fsp3) is 0.462. The minimum atomic E-state index is -0.881. The first-order chi connectivity index (χ1) is 9.08. The Morgan fingerprint density at radius 1 is 1.47 bits per heavy atom. The summed E-state index contributed by atoms with van der Waals surface area (Å²) in [5, 5.41) is 3.21. The Kier molecular flexibility index (Phi) is 4.76. The van der Waals surface area contributed by atoms with Gasteiger partial charge in [0, 0.05) is 30.6 Å². The average molecular weight is 286 g/mol. The van der Waals surface area contributed by atoms with Crippen LogP contribution in [0.3, 0.4) is 0 Å². The number of rotatable bonds is 3. The maximum absolute atomic E-state index is 13.0. The van der Waals surface area contributed by atoms with Crippen LogP contribution in [-0.2, 0) is 4.79 Å². The van der Waals surface area contributed by atoms with E-state index in [0.29, 0.717) is 11.4 Å². The molecular weight excluding hydrogens is 270 g/mol. The van der Waals surface area contributed by atoms with Gasteiger partial charge in [-0.15, -0.1) is 11.8 Å². The van der Waals surface area contributed by atoms with Gasteiger partial charge >= 0.3 is 0 Å². The second-order valence-electron chi connectivity index (χ2n) is 4.50. The van der Waals surface area contributed by atoms with Crippen LogP contribution >= 0.6 is 11.8 Å². The summed E-state index contributed by atoms with van der Waals surface area (Å²) in [5.74, 6) is -1.47. The summed E-state index contributed by atoms with van der Waals surface area (Å²) in [7, 11) is 0. The molecule has 0 aromatic heterocycles. The van der Waals surface area contributed by atoms with Gasteiger partial charge in [0.25, 0.3) is 0 Å². The van der Waals surface area contributed by atoms with Crippen molar-refractivity contribution < 1.29 is 13.6 Å². The van der Waals surface area contributed by atoms with Crippen LogP contribution in [0.4, 0.5) is 8.78 Å². The second kappa shape index (κ2) is 6.34. The fourth-order valence-electron chi connectivity index (χ4n) is 2.01. The Balaban J connectivity index is 1.90. The van der Waals surface area contributed by atoms with Gasteiger partial charge in [-0.25, -0.2) is 8.78 Å². The van der Waals surface area contributed by atoms with Gasteiger partial charge in [0.2, 0.25) is 5.91 Å². The Morgan fingerprint density at radius 2 is 2.26 bits per heavy atom. The van der Waals surface area contributed by atoms with Gasteiger partial charge in [-0.3, -0.25) is 4.79 Å². The summed E-state index contributed by atoms with van der Waals surface area (Å²) >= 11 is 1.23. The Morgan fingerprint density at radius 3 is 2.95 bits per heavy atom. The smallest absolute Gasteiger partial charge is 0.233 e. The standard InChI is InChI=1S/C13H16F2N2OS/c1-9-7-16-4-5-17(9)13(18)8-19-10-2-3-11(14)12(15)6-10/h2-3,6,9,16H,4-5,7-8H2,1H3/t9-/m0/s1. The van der Waals surface area contributed by atoms with Crippen LogP contribution < -0.4 is 5.32 Å². The molecule has 1 saturated heterocycles. The number of carbonyl (C=O) groups excluding carboxylic acids is 1. The van der Waals surface area contributed by atoms with E-state index in [0.717, 1.165) is 25.2 Å². The van der Waals surface area contributed by atoms with Crippen LogP contribution in [0.5, 0.6) is 0 Å². The predicted octanol–water partition coefficient (Wildman–Crippen LogP) is 1.88. The summed E-state index contributed by atoms with van der Waals surface area (Å²) < 4.78 is 25.8. The summed E-state index contributed by atoms with van der Waals surface area (Å²) in [5.41, 5.74) is 0. The Bertz CT molecular complexity index is 470. The van der Waals surface area contributed by atoms with E-state index in [1.54, 1.807) is 0 Å². The summed E-state index contributed by atoms with van der Waals surface area (Å²) in [4.78, 5) is 14.4. The van der Waals surface area contributed by atoms with Crippen LogP contribution in [0.2, 0.25) is 0 Å². The number of benzene rings is 1. The zero-order valence-electron chi connectivity index (χ0n) is 10.7. The molecule has 0 spiro atoms. The number of carbonyl (C=O) groups is 1. The molecule has 0 bridgehead atoms. The minimum absolute atomic E-state index is 0.0312. The van der Waals surface area contributed by atoms with Crippen molar-refractivity contribution >= 4 is 17.7 Å². The Hall–Kier alpha value is -1.14. The van der Waals surface area contributed by atoms with Crippen LogP contribution in [-0.4, -0.2) is 42.2 Å². The molecule has 6 heteroatoms. The third kappa shape index (κ3) is 3.67. The molecule has 1 amide bonds. The first kappa shape index (κ1) is 14.3. The number of nitrogens with zero attached hydrogens (tertiary/aromatic N) is 1. The normalized spacial score (nSPS) is 19.5. The van der Waals surface area contributed by atoms with E-state index >= 15 is 0 Å². The van der Waals surface area contributed by atoms with E-state index in [4.69, 9.17) is 0 Å². The Labute approximate surface area is 115 Å². The van der Waals surface area contributed by atoms with Crippen LogP contribution in [0.15, 0.2) is 23.1 Å². The SMILES string of the molecule is C[C@H]1CNCCN1C(=O)CSc1ccc(F)c(F)c1.